The predicted octanol–water partition coefficient (Wildman–Crippen LogP) is 2.59. The van der Waals surface area contributed by atoms with Crippen LogP contribution in [0.15, 0.2) is 47.0 Å². The normalized spacial score (nSPS) is 10.4. The van der Waals surface area contributed by atoms with Gasteiger partial charge in [-0.1, -0.05) is 30.3 Å². The van der Waals surface area contributed by atoms with Gasteiger partial charge in [-0.05, 0) is 0 Å². The molecule has 6 heteroatoms. The average Bonchev–Trinajstić information content (AvgIpc) is 3.09. The number of aromatic amines is 1. The standard InChI is InChI=1S/C14H11N3O3/c1-9-16-12(14(18)20-11-7-8-15-17-11)13(19-9)10-5-3-2-4-6-10/h2-8H,1H3,(H,15,17). The molecule has 0 unspecified atom stereocenters. The summed E-state index contributed by atoms with van der Waals surface area (Å²) in [6.45, 7) is 1.68. The maximum absolute atomic E-state index is 12.1. The zero-order chi connectivity index (χ0) is 13.9. The van der Waals surface area contributed by atoms with E-state index in [1.807, 2.05) is 30.3 Å². The van der Waals surface area contributed by atoms with Crippen LogP contribution < -0.4 is 4.74 Å². The lowest BCUT2D eigenvalue weighted by atomic mass is 10.1. The molecule has 2 aromatic heterocycles. The third-order valence-corrected chi connectivity index (χ3v) is 2.64. The Morgan fingerprint density at radius 3 is 2.75 bits per heavy atom. The number of aryl methyl sites for hydroxylation is 1. The van der Waals surface area contributed by atoms with Gasteiger partial charge in [-0.25, -0.2) is 9.78 Å². The van der Waals surface area contributed by atoms with Crippen molar-refractivity contribution in [1.82, 2.24) is 15.2 Å². The number of ether oxygens (including phenoxy) is 1. The van der Waals surface area contributed by atoms with Crippen LogP contribution in [0.25, 0.3) is 11.3 Å². The Morgan fingerprint density at radius 1 is 1.25 bits per heavy atom. The van der Waals surface area contributed by atoms with Gasteiger partial charge in [0.2, 0.25) is 5.88 Å². The van der Waals surface area contributed by atoms with Crippen LogP contribution in [0.5, 0.6) is 5.88 Å². The van der Waals surface area contributed by atoms with Crippen LogP contribution in [0.1, 0.15) is 16.4 Å². The van der Waals surface area contributed by atoms with Crippen LogP contribution in [0, 0.1) is 6.92 Å². The number of hydrogen-bond acceptors (Lipinski definition) is 5. The van der Waals surface area contributed by atoms with E-state index in [1.165, 1.54) is 0 Å². The maximum atomic E-state index is 12.1. The molecule has 0 aliphatic heterocycles. The first-order valence-electron chi connectivity index (χ1n) is 5.99. The van der Waals surface area contributed by atoms with E-state index in [0.29, 0.717) is 11.7 Å². The summed E-state index contributed by atoms with van der Waals surface area (Å²) < 4.78 is 10.6. The number of carbonyl (C=O) groups excluding carboxylic acids is 1. The van der Waals surface area contributed by atoms with Crippen molar-refractivity contribution in [1.29, 1.82) is 0 Å². The molecule has 0 atom stereocenters. The number of oxazole rings is 1. The summed E-state index contributed by atoms with van der Waals surface area (Å²) in [6, 6.07) is 10.8. The number of rotatable bonds is 3. The Hall–Kier alpha value is -2.89. The molecular weight excluding hydrogens is 258 g/mol. The molecule has 6 nitrogen and oxygen atoms in total. The highest BCUT2D eigenvalue weighted by Gasteiger charge is 2.22. The van der Waals surface area contributed by atoms with Crippen molar-refractivity contribution < 1.29 is 13.9 Å². The molecule has 0 aliphatic rings. The minimum atomic E-state index is -0.604. The monoisotopic (exact) mass is 269 g/mol. The summed E-state index contributed by atoms with van der Waals surface area (Å²) in [5.41, 5.74) is 0.902. The summed E-state index contributed by atoms with van der Waals surface area (Å²) >= 11 is 0. The molecule has 1 aromatic carbocycles. The number of esters is 1. The highest BCUT2D eigenvalue weighted by atomic mass is 16.5. The smallest absolute Gasteiger partial charge is 0.367 e. The first-order chi connectivity index (χ1) is 9.74. The summed E-state index contributed by atoms with van der Waals surface area (Å²) in [5, 5.41) is 6.33. The van der Waals surface area contributed by atoms with Gasteiger partial charge in [-0.15, -0.1) is 5.10 Å². The number of nitrogens with zero attached hydrogens (tertiary/aromatic N) is 2. The molecule has 0 fully saturated rings. The van der Waals surface area contributed by atoms with E-state index in [0.717, 1.165) is 5.56 Å². The third kappa shape index (κ3) is 2.31. The van der Waals surface area contributed by atoms with Crippen molar-refractivity contribution in [2.75, 3.05) is 0 Å². The first kappa shape index (κ1) is 12.2. The quantitative estimate of drug-likeness (QED) is 0.739. The lowest BCUT2D eigenvalue weighted by molar-refractivity contribution is 0.0722. The van der Waals surface area contributed by atoms with Crippen molar-refractivity contribution in [2.45, 2.75) is 6.92 Å². The molecule has 1 N–H and O–H groups in total. The van der Waals surface area contributed by atoms with Gasteiger partial charge >= 0.3 is 5.97 Å². The minimum Gasteiger partial charge on any atom is -0.440 e. The van der Waals surface area contributed by atoms with Crippen LogP contribution in [-0.2, 0) is 0 Å². The van der Waals surface area contributed by atoms with E-state index in [9.17, 15) is 4.79 Å². The SMILES string of the molecule is Cc1nc(C(=O)Oc2cc[nH]n2)c(-c2ccccc2)o1. The van der Waals surface area contributed by atoms with Crippen molar-refractivity contribution >= 4 is 5.97 Å². The number of aromatic nitrogens is 3. The van der Waals surface area contributed by atoms with E-state index in [-0.39, 0.29) is 11.6 Å². The molecule has 3 aromatic rings. The Kier molecular flexibility index (Phi) is 3.04. The van der Waals surface area contributed by atoms with Crippen LogP contribution in [0.2, 0.25) is 0 Å². The van der Waals surface area contributed by atoms with Gasteiger partial charge in [0.05, 0.1) is 0 Å². The molecule has 0 aliphatic carbocycles. The number of hydrogen-bond donors (Lipinski definition) is 1. The molecule has 2 heterocycles. The second-order valence-corrected chi connectivity index (χ2v) is 4.08. The van der Waals surface area contributed by atoms with E-state index >= 15 is 0 Å². The van der Waals surface area contributed by atoms with Gasteiger partial charge in [0.25, 0.3) is 0 Å². The molecule has 0 amide bonds. The molecule has 100 valence electrons. The Morgan fingerprint density at radius 2 is 2.05 bits per heavy atom. The van der Waals surface area contributed by atoms with Crippen LogP contribution in [0.3, 0.4) is 0 Å². The van der Waals surface area contributed by atoms with Crippen molar-refractivity contribution in [3.05, 3.63) is 54.2 Å². The number of carbonyl (C=O) groups is 1. The van der Waals surface area contributed by atoms with Gasteiger partial charge in [-0.2, -0.15) is 0 Å². The van der Waals surface area contributed by atoms with Crippen molar-refractivity contribution in [3.63, 3.8) is 0 Å². The van der Waals surface area contributed by atoms with Gasteiger partial charge in [0.15, 0.2) is 17.3 Å². The summed E-state index contributed by atoms with van der Waals surface area (Å²) in [6.07, 6.45) is 1.56. The average molecular weight is 269 g/mol. The molecule has 3 rings (SSSR count). The zero-order valence-corrected chi connectivity index (χ0v) is 10.7. The molecule has 0 spiro atoms. The predicted molar refractivity (Wildman–Crippen MR) is 70.2 cm³/mol. The first-order valence-corrected chi connectivity index (χ1v) is 5.99. The number of H-pyrrole nitrogens is 1. The van der Waals surface area contributed by atoms with Crippen molar-refractivity contribution in [2.24, 2.45) is 0 Å². The number of benzene rings is 1. The summed E-state index contributed by atoms with van der Waals surface area (Å²) in [7, 11) is 0. The highest BCUT2D eigenvalue weighted by molar-refractivity contribution is 5.94. The summed E-state index contributed by atoms with van der Waals surface area (Å²) in [5.74, 6) is 0.379. The topological polar surface area (TPSA) is 81.0 Å². The Bertz CT molecular complexity index is 717. The van der Waals surface area contributed by atoms with E-state index in [1.54, 1.807) is 19.2 Å². The lowest BCUT2D eigenvalue weighted by Crippen LogP contribution is -2.10. The lowest BCUT2D eigenvalue weighted by Gasteiger charge is -2.00. The maximum Gasteiger partial charge on any atom is 0.367 e. The molecule has 0 saturated heterocycles. The third-order valence-electron chi connectivity index (χ3n) is 2.64. The summed E-state index contributed by atoms with van der Waals surface area (Å²) in [4.78, 5) is 16.2. The fourth-order valence-electron chi connectivity index (χ4n) is 1.80. The molecule has 0 saturated carbocycles. The van der Waals surface area contributed by atoms with Gasteiger partial charge in [0, 0.05) is 24.8 Å². The molecule has 20 heavy (non-hydrogen) atoms. The molecule has 0 bridgehead atoms. The Labute approximate surface area is 114 Å². The second kappa shape index (κ2) is 5.00. The van der Waals surface area contributed by atoms with Crippen LogP contribution >= 0.6 is 0 Å². The molecular formula is C14H11N3O3. The van der Waals surface area contributed by atoms with Gasteiger partial charge in [0.1, 0.15) is 0 Å². The fourth-order valence-corrected chi connectivity index (χ4v) is 1.80. The Balaban J connectivity index is 1.96. The van der Waals surface area contributed by atoms with Crippen LogP contribution in [-0.4, -0.2) is 21.2 Å². The van der Waals surface area contributed by atoms with Gasteiger partial charge < -0.3 is 9.15 Å². The van der Waals surface area contributed by atoms with E-state index in [2.05, 4.69) is 15.2 Å². The van der Waals surface area contributed by atoms with E-state index in [4.69, 9.17) is 9.15 Å². The van der Waals surface area contributed by atoms with Gasteiger partial charge in [-0.3, -0.25) is 5.10 Å². The number of nitrogens with one attached hydrogen (secondary N) is 1. The van der Waals surface area contributed by atoms with E-state index < -0.39 is 5.97 Å². The largest absolute Gasteiger partial charge is 0.440 e. The fraction of sp³-hybridized carbons (Fsp3) is 0.0714. The highest BCUT2D eigenvalue weighted by Crippen LogP contribution is 2.25. The second-order valence-electron chi connectivity index (χ2n) is 4.08. The minimum absolute atomic E-state index is 0.136. The zero-order valence-electron chi connectivity index (χ0n) is 10.7. The van der Waals surface area contributed by atoms with Crippen LogP contribution in [0.4, 0.5) is 0 Å². The molecule has 0 radical (unpaired) electrons. The van der Waals surface area contributed by atoms with Crippen molar-refractivity contribution in [3.8, 4) is 17.2 Å².